The molecule has 0 unspecified atom stereocenters. The summed E-state index contributed by atoms with van der Waals surface area (Å²) < 4.78 is 26.9. The fourth-order valence-electron chi connectivity index (χ4n) is 3.56. The first-order valence-electron chi connectivity index (χ1n) is 10.5. The normalized spacial score (nSPS) is 11.5. The van der Waals surface area contributed by atoms with Gasteiger partial charge in [-0.3, -0.25) is 5.10 Å². The van der Waals surface area contributed by atoms with E-state index < -0.39 is 13.1 Å². The predicted molar refractivity (Wildman–Crippen MR) is 136 cm³/mol. The lowest BCUT2D eigenvalue weighted by molar-refractivity contribution is 0.587. The van der Waals surface area contributed by atoms with Gasteiger partial charge in [0.25, 0.3) is 0 Å². The first-order valence-corrected chi connectivity index (χ1v) is 13.4. The number of hydrogen-bond donors (Lipinski definition) is 3. The molecular weight excluding hydrogens is 490 g/mol. The smallest absolute Gasteiger partial charge is 0.229 e. The predicted octanol–water partition coefficient (Wildman–Crippen LogP) is 5.34. The van der Waals surface area contributed by atoms with Gasteiger partial charge < -0.3 is 15.2 Å². The van der Waals surface area contributed by atoms with Gasteiger partial charge in [-0.25, -0.2) is 15.0 Å². The van der Waals surface area contributed by atoms with Gasteiger partial charge in [0.2, 0.25) is 11.9 Å². The number of anilines is 4. The summed E-state index contributed by atoms with van der Waals surface area (Å²) in [6.45, 7) is 3.40. The molecule has 0 saturated heterocycles. The highest BCUT2D eigenvalue weighted by molar-refractivity contribution is 7.70. The van der Waals surface area contributed by atoms with Crippen LogP contribution in [-0.4, -0.2) is 43.5 Å². The topological polar surface area (TPSA) is 121 Å². The number of aromatic nitrogens is 6. The lowest BCUT2D eigenvalue weighted by atomic mass is 10.1. The van der Waals surface area contributed by atoms with Crippen LogP contribution in [0.25, 0.3) is 22.3 Å². The van der Waals surface area contributed by atoms with Crippen LogP contribution in [0.2, 0.25) is 5.02 Å². The van der Waals surface area contributed by atoms with Gasteiger partial charge in [-0.05, 0) is 43.7 Å². The van der Waals surface area contributed by atoms with Crippen LogP contribution in [-0.2, 0) is 4.57 Å². The van der Waals surface area contributed by atoms with E-state index in [-0.39, 0.29) is 11.5 Å². The van der Waals surface area contributed by atoms with E-state index in [1.54, 1.807) is 37.7 Å². The summed E-state index contributed by atoms with van der Waals surface area (Å²) in [5.74, 6) is -0.0233. The zero-order valence-corrected chi connectivity index (χ0v) is 20.3. The summed E-state index contributed by atoms with van der Waals surface area (Å²) in [7, 11) is -2.54. The second kappa shape index (κ2) is 9.05. The van der Waals surface area contributed by atoms with Crippen molar-refractivity contribution in [1.29, 1.82) is 0 Å². The van der Waals surface area contributed by atoms with Crippen LogP contribution in [0.1, 0.15) is 0 Å². The van der Waals surface area contributed by atoms with E-state index in [1.807, 2.05) is 24.3 Å². The standard InChI is InChI=1S/C23H19ClFN8OP/c1-35(2,34)18-8-4-3-7-17(18)30-22-16(24)12-28-23(31-22)29-13-10-15-19(32-33-21(15)27-11-13)14-6-5-9-26-20(14)25/h3-12H,1-2H3,(H,27,32,33)(H2,28,29,30,31). The highest BCUT2D eigenvalue weighted by Gasteiger charge is 2.18. The Bertz CT molecular complexity index is 1600. The van der Waals surface area contributed by atoms with E-state index in [4.69, 9.17) is 11.6 Å². The van der Waals surface area contributed by atoms with Gasteiger partial charge in [0, 0.05) is 16.9 Å². The van der Waals surface area contributed by atoms with Crippen LogP contribution in [0.5, 0.6) is 0 Å². The monoisotopic (exact) mass is 508 g/mol. The van der Waals surface area contributed by atoms with E-state index in [9.17, 15) is 8.96 Å². The molecule has 0 aliphatic heterocycles. The van der Waals surface area contributed by atoms with E-state index in [2.05, 4.69) is 40.8 Å². The number of nitrogens with one attached hydrogen (secondary N) is 3. The van der Waals surface area contributed by atoms with Gasteiger partial charge in [-0.15, -0.1) is 0 Å². The molecule has 0 aliphatic carbocycles. The average molecular weight is 509 g/mol. The van der Waals surface area contributed by atoms with Gasteiger partial charge in [0.1, 0.15) is 17.9 Å². The molecule has 35 heavy (non-hydrogen) atoms. The van der Waals surface area contributed by atoms with Crippen LogP contribution in [0.3, 0.4) is 0 Å². The molecule has 1 aromatic carbocycles. The van der Waals surface area contributed by atoms with Crippen LogP contribution in [0, 0.1) is 5.95 Å². The van der Waals surface area contributed by atoms with Crippen LogP contribution in [0.4, 0.5) is 27.5 Å². The number of para-hydroxylation sites is 1. The third-order valence-corrected chi connectivity index (χ3v) is 7.00. The van der Waals surface area contributed by atoms with Gasteiger partial charge >= 0.3 is 0 Å². The molecule has 0 atom stereocenters. The Balaban J connectivity index is 1.46. The molecule has 9 nitrogen and oxygen atoms in total. The highest BCUT2D eigenvalue weighted by atomic mass is 35.5. The Kier molecular flexibility index (Phi) is 5.92. The van der Waals surface area contributed by atoms with Gasteiger partial charge in [0.15, 0.2) is 11.5 Å². The molecule has 3 N–H and O–H groups in total. The number of H-pyrrole nitrogens is 1. The number of halogens is 2. The minimum Gasteiger partial charge on any atom is -0.338 e. The van der Waals surface area contributed by atoms with Crippen LogP contribution >= 0.6 is 18.7 Å². The molecule has 5 rings (SSSR count). The summed E-state index contributed by atoms with van der Waals surface area (Å²) >= 11 is 6.33. The van der Waals surface area contributed by atoms with E-state index in [1.165, 1.54) is 12.4 Å². The number of fused-ring (bicyclic) bond motifs is 1. The molecule has 0 aliphatic rings. The Hall–Kier alpha value is -3.88. The van der Waals surface area contributed by atoms with Gasteiger partial charge in [-0.2, -0.15) is 14.5 Å². The molecule has 0 saturated carbocycles. The number of rotatable bonds is 6. The molecule has 0 fully saturated rings. The Labute approximate surface area is 204 Å². The minimum atomic E-state index is -2.54. The molecule has 12 heteroatoms. The highest BCUT2D eigenvalue weighted by Crippen LogP contribution is 2.38. The molecule has 4 heterocycles. The second-order valence-electron chi connectivity index (χ2n) is 8.04. The summed E-state index contributed by atoms with van der Waals surface area (Å²) in [6, 6.07) is 12.3. The van der Waals surface area contributed by atoms with E-state index in [0.29, 0.717) is 44.2 Å². The third kappa shape index (κ3) is 4.71. The second-order valence-corrected chi connectivity index (χ2v) is 11.6. The third-order valence-electron chi connectivity index (χ3n) is 5.17. The van der Waals surface area contributed by atoms with Crippen LogP contribution < -0.4 is 15.9 Å². The fraction of sp³-hybridized carbons (Fsp3) is 0.0870. The first kappa shape index (κ1) is 22.9. The van der Waals surface area contributed by atoms with Gasteiger partial charge in [0.05, 0.1) is 29.3 Å². The molecule has 5 aromatic rings. The molecule has 176 valence electrons. The molecule has 0 amide bonds. The largest absolute Gasteiger partial charge is 0.338 e. The maximum Gasteiger partial charge on any atom is 0.229 e. The van der Waals surface area contributed by atoms with E-state index in [0.717, 1.165) is 0 Å². The SMILES string of the molecule is CP(C)(=O)c1ccccc1Nc1nc(Nc2cnc3[nH]nc(-c4cccnc4F)c3c2)ncc1Cl. The van der Waals surface area contributed by atoms with Crippen LogP contribution in [0.15, 0.2) is 61.1 Å². The molecule has 0 radical (unpaired) electrons. The summed E-state index contributed by atoms with van der Waals surface area (Å²) in [6.07, 6.45) is 4.41. The molecule has 0 spiro atoms. The van der Waals surface area contributed by atoms with Crippen molar-refractivity contribution in [3.05, 3.63) is 72.0 Å². The van der Waals surface area contributed by atoms with Crippen molar-refractivity contribution < 1.29 is 8.96 Å². The summed E-state index contributed by atoms with van der Waals surface area (Å²) in [5, 5.41) is 14.8. The van der Waals surface area contributed by atoms with Crippen molar-refractivity contribution >= 4 is 58.2 Å². The number of aromatic amines is 1. The lowest BCUT2D eigenvalue weighted by Crippen LogP contribution is -2.10. The molecular formula is C23H19ClFN8OP. The Morgan fingerprint density at radius 2 is 1.86 bits per heavy atom. The maximum absolute atomic E-state index is 14.2. The van der Waals surface area contributed by atoms with E-state index >= 15 is 0 Å². The summed E-state index contributed by atoms with van der Waals surface area (Å²) in [5.41, 5.74) is 2.35. The maximum atomic E-state index is 14.2. The lowest BCUT2D eigenvalue weighted by Gasteiger charge is -2.15. The minimum absolute atomic E-state index is 0.254. The van der Waals surface area contributed by atoms with Crippen molar-refractivity contribution in [2.45, 2.75) is 0 Å². The van der Waals surface area contributed by atoms with Crippen molar-refractivity contribution in [2.24, 2.45) is 0 Å². The number of benzene rings is 1. The van der Waals surface area contributed by atoms with Crippen molar-refractivity contribution in [2.75, 3.05) is 24.0 Å². The fourth-order valence-corrected chi connectivity index (χ4v) is 4.85. The number of hydrogen-bond acceptors (Lipinski definition) is 8. The zero-order chi connectivity index (χ0) is 24.6. The van der Waals surface area contributed by atoms with Gasteiger partial charge in [-0.1, -0.05) is 23.7 Å². The molecule has 0 bridgehead atoms. The Morgan fingerprint density at radius 3 is 2.66 bits per heavy atom. The first-order chi connectivity index (χ1) is 16.8. The number of pyridine rings is 2. The number of nitrogens with zero attached hydrogens (tertiary/aromatic N) is 5. The Morgan fingerprint density at radius 1 is 1.03 bits per heavy atom. The summed E-state index contributed by atoms with van der Waals surface area (Å²) in [4.78, 5) is 16.8. The van der Waals surface area contributed by atoms with Crippen molar-refractivity contribution in [1.82, 2.24) is 30.1 Å². The molecule has 4 aromatic heterocycles. The quantitative estimate of drug-likeness (QED) is 0.208. The van der Waals surface area contributed by atoms with Crippen molar-refractivity contribution in [3.8, 4) is 11.3 Å². The zero-order valence-electron chi connectivity index (χ0n) is 18.6. The average Bonchev–Trinajstić information content (AvgIpc) is 3.24. The van der Waals surface area contributed by atoms with Crippen molar-refractivity contribution in [3.63, 3.8) is 0 Å².